The first-order valence-electron chi connectivity index (χ1n) is 4.51. The fraction of sp³-hybridized carbons (Fsp3) is 0.400. The van der Waals surface area contributed by atoms with Gasteiger partial charge in [-0.15, -0.1) is 0 Å². The van der Waals surface area contributed by atoms with Crippen molar-refractivity contribution < 1.29 is 4.74 Å². The van der Waals surface area contributed by atoms with Crippen molar-refractivity contribution in [3.05, 3.63) is 33.8 Å². The van der Waals surface area contributed by atoms with E-state index in [1.807, 2.05) is 12.1 Å². The predicted molar refractivity (Wildman–Crippen MR) is 57.9 cm³/mol. The summed E-state index contributed by atoms with van der Waals surface area (Å²) >= 11 is 11.8. The third kappa shape index (κ3) is 2.39. The summed E-state index contributed by atoms with van der Waals surface area (Å²) < 4.78 is 5.06. The van der Waals surface area contributed by atoms with Crippen molar-refractivity contribution in [2.45, 2.75) is 12.6 Å². The zero-order valence-electron chi connectivity index (χ0n) is 7.59. The molecule has 0 unspecified atom stereocenters. The molecular weight excluding hydrogens is 221 g/mol. The van der Waals surface area contributed by atoms with Gasteiger partial charge in [0.25, 0.3) is 0 Å². The van der Waals surface area contributed by atoms with Crippen LogP contribution in [0.15, 0.2) is 18.2 Å². The molecule has 2 nitrogen and oxygen atoms in total. The van der Waals surface area contributed by atoms with Crippen LogP contribution in [0.5, 0.6) is 0 Å². The number of hydrogen-bond donors (Lipinski definition) is 1. The van der Waals surface area contributed by atoms with Crippen LogP contribution in [-0.2, 0) is 11.3 Å². The zero-order chi connectivity index (χ0) is 9.97. The quantitative estimate of drug-likeness (QED) is 0.864. The van der Waals surface area contributed by atoms with Crippen LogP contribution in [0.3, 0.4) is 0 Å². The minimum Gasteiger partial charge on any atom is -0.378 e. The minimum absolute atomic E-state index is 0.474. The lowest BCUT2D eigenvalue weighted by atomic mass is 10.2. The van der Waals surface area contributed by atoms with Crippen molar-refractivity contribution in [1.82, 2.24) is 5.32 Å². The summed E-state index contributed by atoms with van der Waals surface area (Å²) in [6, 6.07) is 6.03. The molecule has 4 heteroatoms. The lowest BCUT2D eigenvalue weighted by Crippen LogP contribution is -2.45. The highest BCUT2D eigenvalue weighted by molar-refractivity contribution is 6.35. The van der Waals surface area contributed by atoms with Gasteiger partial charge >= 0.3 is 0 Å². The summed E-state index contributed by atoms with van der Waals surface area (Å²) in [4.78, 5) is 0. The second-order valence-electron chi connectivity index (χ2n) is 3.35. The van der Waals surface area contributed by atoms with Crippen LogP contribution in [0.25, 0.3) is 0 Å². The maximum Gasteiger partial charge on any atom is 0.0643 e. The zero-order valence-corrected chi connectivity index (χ0v) is 9.11. The molecule has 1 aliphatic heterocycles. The summed E-state index contributed by atoms with van der Waals surface area (Å²) in [6.45, 7) is 2.36. The highest BCUT2D eigenvalue weighted by atomic mass is 35.5. The van der Waals surface area contributed by atoms with Gasteiger partial charge in [0.1, 0.15) is 0 Å². The van der Waals surface area contributed by atoms with Crippen LogP contribution < -0.4 is 5.32 Å². The Bertz CT molecular complexity index is 326. The molecule has 2 rings (SSSR count). The molecule has 76 valence electrons. The SMILES string of the molecule is Clc1ccc(CNC2COC2)c(Cl)c1. The summed E-state index contributed by atoms with van der Waals surface area (Å²) in [5, 5.41) is 4.73. The highest BCUT2D eigenvalue weighted by Gasteiger charge is 2.17. The van der Waals surface area contributed by atoms with E-state index in [-0.39, 0.29) is 0 Å². The standard InChI is InChI=1S/C10H11Cl2NO/c11-8-2-1-7(10(12)3-8)4-13-9-5-14-6-9/h1-3,9,13H,4-6H2. The van der Waals surface area contributed by atoms with Gasteiger partial charge in [-0.2, -0.15) is 0 Å². The first kappa shape index (κ1) is 10.2. The van der Waals surface area contributed by atoms with Crippen molar-refractivity contribution in [3.63, 3.8) is 0 Å². The Labute approximate surface area is 93.2 Å². The van der Waals surface area contributed by atoms with Crippen molar-refractivity contribution in [2.75, 3.05) is 13.2 Å². The van der Waals surface area contributed by atoms with Gasteiger partial charge in [0, 0.05) is 16.6 Å². The van der Waals surface area contributed by atoms with Crippen LogP contribution >= 0.6 is 23.2 Å². The maximum atomic E-state index is 6.02. The number of benzene rings is 1. The van der Waals surface area contributed by atoms with Crippen molar-refractivity contribution in [1.29, 1.82) is 0 Å². The molecule has 1 aromatic rings. The Morgan fingerprint density at radius 2 is 2.14 bits per heavy atom. The smallest absolute Gasteiger partial charge is 0.0643 e. The number of ether oxygens (including phenoxy) is 1. The molecule has 1 saturated heterocycles. The van der Waals surface area contributed by atoms with Gasteiger partial charge in [-0.05, 0) is 17.7 Å². The molecule has 0 saturated carbocycles. The molecule has 1 fully saturated rings. The molecule has 0 spiro atoms. The first-order valence-corrected chi connectivity index (χ1v) is 5.26. The predicted octanol–water partition coefficient (Wildman–Crippen LogP) is 2.48. The molecule has 1 heterocycles. The molecule has 0 aliphatic carbocycles. The van der Waals surface area contributed by atoms with E-state index in [4.69, 9.17) is 27.9 Å². The van der Waals surface area contributed by atoms with Crippen LogP contribution in [0, 0.1) is 0 Å². The third-order valence-electron chi connectivity index (χ3n) is 2.23. The van der Waals surface area contributed by atoms with E-state index in [2.05, 4.69) is 5.32 Å². The fourth-order valence-electron chi connectivity index (χ4n) is 1.27. The van der Waals surface area contributed by atoms with Gasteiger partial charge in [-0.3, -0.25) is 0 Å². The Hall–Kier alpha value is -0.280. The molecule has 0 radical (unpaired) electrons. The van der Waals surface area contributed by atoms with Crippen molar-refractivity contribution in [3.8, 4) is 0 Å². The molecule has 0 aromatic heterocycles. The van der Waals surface area contributed by atoms with E-state index in [1.54, 1.807) is 6.07 Å². The second kappa shape index (κ2) is 4.49. The molecule has 1 aliphatic rings. The van der Waals surface area contributed by atoms with Crippen molar-refractivity contribution >= 4 is 23.2 Å². The number of halogens is 2. The number of rotatable bonds is 3. The summed E-state index contributed by atoms with van der Waals surface area (Å²) in [7, 11) is 0. The summed E-state index contributed by atoms with van der Waals surface area (Å²) in [6.07, 6.45) is 0. The molecule has 0 bridgehead atoms. The number of nitrogens with one attached hydrogen (secondary N) is 1. The lowest BCUT2D eigenvalue weighted by Gasteiger charge is -2.27. The van der Waals surface area contributed by atoms with Crippen molar-refractivity contribution in [2.24, 2.45) is 0 Å². The third-order valence-corrected chi connectivity index (χ3v) is 2.82. The molecule has 0 amide bonds. The summed E-state index contributed by atoms with van der Waals surface area (Å²) in [5.41, 5.74) is 1.07. The Kier molecular flexibility index (Phi) is 3.29. The van der Waals surface area contributed by atoms with Crippen LogP contribution in [0.4, 0.5) is 0 Å². The van der Waals surface area contributed by atoms with E-state index < -0.39 is 0 Å². The first-order chi connectivity index (χ1) is 6.75. The molecule has 1 aromatic carbocycles. The van der Waals surface area contributed by atoms with Gasteiger partial charge in [0.2, 0.25) is 0 Å². The topological polar surface area (TPSA) is 21.3 Å². The second-order valence-corrected chi connectivity index (χ2v) is 4.19. The van der Waals surface area contributed by atoms with Gasteiger partial charge < -0.3 is 10.1 Å². The van der Waals surface area contributed by atoms with E-state index in [0.717, 1.165) is 25.3 Å². The minimum atomic E-state index is 0.474. The van der Waals surface area contributed by atoms with E-state index in [0.29, 0.717) is 16.1 Å². The average molecular weight is 232 g/mol. The van der Waals surface area contributed by atoms with Crippen LogP contribution in [-0.4, -0.2) is 19.3 Å². The largest absolute Gasteiger partial charge is 0.378 e. The average Bonchev–Trinajstić information content (AvgIpc) is 2.05. The van der Waals surface area contributed by atoms with Gasteiger partial charge in [0.15, 0.2) is 0 Å². The monoisotopic (exact) mass is 231 g/mol. The number of hydrogen-bond acceptors (Lipinski definition) is 2. The Morgan fingerprint density at radius 3 is 2.71 bits per heavy atom. The van der Waals surface area contributed by atoms with E-state index in [9.17, 15) is 0 Å². The van der Waals surface area contributed by atoms with Crippen LogP contribution in [0.2, 0.25) is 10.0 Å². The normalized spacial score (nSPS) is 16.7. The summed E-state index contributed by atoms with van der Waals surface area (Å²) in [5.74, 6) is 0. The Morgan fingerprint density at radius 1 is 1.36 bits per heavy atom. The highest BCUT2D eigenvalue weighted by Crippen LogP contribution is 2.21. The fourth-order valence-corrected chi connectivity index (χ4v) is 1.75. The molecule has 1 N–H and O–H groups in total. The molecule has 14 heavy (non-hydrogen) atoms. The van der Waals surface area contributed by atoms with E-state index >= 15 is 0 Å². The van der Waals surface area contributed by atoms with E-state index in [1.165, 1.54) is 0 Å². The van der Waals surface area contributed by atoms with Gasteiger partial charge in [-0.25, -0.2) is 0 Å². The molecular formula is C10H11Cl2NO. The maximum absolute atomic E-state index is 6.02. The van der Waals surface area contributed by atoms with Gasteiger partial charge in [-0.1, -0.05) is 29.3 Å². The molecule has 0 atom stereocenters. The Balaban J connectivity index is 1.94. The lowest BCUT2D eigenvalue weighted by molar-refractivity contribution is -0.00578. The van der Waals surface area contributed by atoms with Gasteiger partial charge in [0.05, 0.1) is 19.3 Å². The van der Waals surface area contributed by atoms with Crippen LogP contribution in [0.1, 0.15) is 5.56 Å².